The molecule has 2 amide bonds. The summed E-state index contributed by atoms with van der Waals surface area (Å²) in [6, 6.07) is 20.6. The first-order valence-corrected chi connectivity index (χ1v) is 9.74. The maximum Gasteiger partial charge on any atom is 0.260 e. The van der Waals surface area contributed by atoms with Gasteiger partial charge < -0.3 is 5.32 Å². The van der Waals surface area contributed by atoms with Crippen molar-refractivity contribution in [1.29, 1.82) is 0 Å². The number of nitrogens with zero attached hydrogens (tertiary/aromatic N) is 2. The van der Waals surface area contributed by atoms with Crippen molar-refractivity contribution >= 4 is 17.5 Å². The van der Waals surface area contributed by atoms with Crippen molar-refractivity contribution in [2.24, 2.45) is 0 Å². The van der Waals surface area contributed by atoms with Gasteiger partial charge in [0, 0.05) is 11.9 Å². The van der Waals surface area contributed by atoms with E-state index in [0.29, 0.717) is 11.3 Å². The standard InChI is InChI=1S/C24H23N3O2/c1-16-10-12-19(13-11-16)27-21(23-20(24(27)29)9-6-14-25-23)15-22(28)26-17(2)18-7-4-3-5-8-18/h3-14,17,21H,15H2,1-2H3,(H,26,28)/t17-,21-/m0/s1. The fourth-order valence-corrected chi connectivity index (χ4v) is 3.75. The predicted molar refractivity (Wildman–Crippen MR) is 113 cm³/mol. The molecule has 0 fully saturated rings. The lowest BCUT2D eigenvalue weighted by atomic mass is 10.1. The first-order chi connectivity index (χ1) is 14.0. The van der Waals surface area contributed by atoms with E-state index in [-0.39, 0.29) is 24.3 Å². The van der Waals surface area contributed by atoms with E-state index in [2.05, 4.69) is 10.3 Å². The van der Waals surface area contributed by atoms with Crippen molar-refractivity contribution in [2.45, 2.75) is 32.4 Å². The lowest BCUT2D eigenvalue weighted by Crippen LogP contribution is -2.34. The monoisotopic (exact) mass is 385 g/mol. The van der Waals surface area contributed by atoms with Crippen LogP contribution in [0.4, 0.5) is 5.69 Å². The summed E-state index contributed by atoms with van der Waals surface area (Å²) in [4.78, 5) is 32.0. The van der Waals surface area contributed by atoms with E-state index in [4.69, 9.17) is 0 Å². The highest BCUT2D eigenvalue weighted by Crippen LogP contribution is 2.38. The number of hydrogen-bond acceptors (Lipinski definition) is 3. The van der Waals surface area contributed by atoms with Crippen LogP contribution in [0.3, 0.4) is 0 Å². The topological polar surface area (TPSA) is 62.3 Å². The third-order valence-electron chi connectivity index (χ3n) is 5.28. The largest absolute Gasteiger partial charge is 0.350 e. The Kier molecular flexibility index (Phi) is 5.12. The molecule has 1 aliphatic rings. The van der Waals surface area contributed by atoms with Gasteiger partial charge in [0.05, 0.1) is 29.8 Å². The molecule has 0 radical (unpaired) electrons. The molecule has 1 aliphatic heterocycles. The highest BCUT2D eigenvalue weighted by Gasteiger charge is 2.40. The summed E-state index contributed by atoms with van der Waals surface area (Å²) >= 11 is 0. The van der Waals surface area contributed by atoms with Crippen LogP contribution in [0.1, 0.15) is 52.6 Å². The molecule has 29 heavy (non-hydrogen) atoms. The highest BCUT2D eigenvalue weighted by molar-refractivity contribution is 6.11. The number of anilines is 1. The van der Waals surface area contributed by atoms with Crippen LogP contribution in [0.25, 0.3) is 0 Å². The fourth-order valence-electron chi connectivity index (χ4n) is 3.75. The average molecular weight is 385 g/mol. The molecule has 4 rings (SSSR count). The molecular formula is C24H23N3O2. The number of aromatic nitrogens is 1. The molecule has 0 aliphatic carbocycles. The van der Waals surface area contributed by atoms with Gasteiger partial charge in [-0.05, 0) is 43.7 Å². The summed E-state index contributed by atoms with van der Waals surface area (Å²) in [6.07, 6.45) is 1.82. The fraction of sp³-hybridized carbons (Fsp3) is 0.208. The van der Waals surface area contributed by atoms with Gasteiger partial charge in [0.1, 0.15) is 0 Å². The van der Waals surface area contributed by atoms with Crippen LogP contribution >= 0.6 is 0 Å². The Hall–Kier alpha value is -3.47. The second kappa shape index (κ2) is 7.87. The molecule has 0 spiro atoms. The smallest absolute Gasteiger partial charge is 0.260 e. The van der Waals surface area contributed by atoms with Gasteiger partial charge >= 0.3 is 0 Å². The summed E-state index contributed by atoms with van der Waals surface area (Å²) in [5, 5.41) is 3.05. The zero-order chi connectivity index (χ0) is 20.4. The van der Waals surface area contributed by atoms with Crippen molar-refractivity contribution in [3.05, 3.63) is 95.3 Å². The van der Waals surface area contributed by atoms with Gasteiger partial charge in [-0.15, -0.1) is 0 Å². The zero-order valence-electron chi connectivity index (χ0n) is 16.5. The van der Waals surface area contributed by atoms with Gasteiger partial charge in [0.15, 0.2) is 0 Å². The van der Waals surface area contributed by atoms with E-state index in [9.17, 15) is 9.59 Å². The maximum atomic E-state index is 13.1. The van der Waals surface area contributed by atoms with E-state index >= 15 is 0 Å². The molecule has 1 N–H and O–H groups in total. The number of fused-ring (bicyclic) bond motifs is 1. The van der Waals surface area contributed by atoms with Crippen LogP contribution in [0, 0.1) is 6.92 Å². The third kappa shape index (κ3) is 3.76. The van der Waals surface area contributed by atoms with E-state index in [1.165, 1.54) is 0 Å². The normalized spacial score (nSPS) is 16.4. The molecule has 2 aromatic carbocycles. The van der Waals surface area contributed by atoms with Crippen molar-refractivity contribution in [2.75, 3.05) is 4.90 Å². The van der Waals surface area contributed by atoms with E-state index in [1.807, 2.05) is 68.4 Å². The zero-order valence-corrected chi connectivity index (χ0v) is 16.5. The first kappa shape index (κ1) is 18.9. The molecule has 0 bridgehead atoms. The van der Waals surface area contributed by atoms with Gasteiger partial charge in [-0.3, -0.25) is 19.5 Å². The Bertz CT molecular complexity index is 1030. The molecule has 0 saturated heterocycles. The molecule has 2 heterocycles. The van der Waals surface area contributed by atoms with Gasteiger partial charge in [-0.25, -0.2) is 0 Å². The minimum absolute atomic E-state index is 0.114. The summed E-state index contributed by atoms with van der Waals surface area (Å²) in [5.41, 5.74) is 4.13. The summed E-state index contributed by atoms with van der Waals surface area (Å²) in [6.45, 7) is 3.96. The second-order valence-electron chi connectivity index (χ2n) is 7.37. The third-order valence-corrected chi connectivity index (χ3v) is 5.28. The van der Waals surface area contributed by atoms with Crippen LogP contribution < -0.4 is 10.2 Å². The first-order valence-electron chi connectivity index (χ1n) is 9.74. The Morgan fingerprint density at radius 3 is 2.52 bits per heavy atom. The van der Waals surface area contributed by atoms with Gasteiger partial charge in [-0.2, -0.15) is 0 Å². The molecule has 5 nitrogen and oxygen atoms in total. The summed E-state index contributed by atoms with van der Waals surface area (Å²) in [7, 11) is 0. The molecule has 2 atom stereocenters. The number of amides is 2. The Labute approximate surface area is 170 Å². The van der Waals surface area contributed by atoms with Crippen molar-refractivity contribution in [3.63, 3.8) is 0 Å². The van der Waals surface area contributed by atoms with E-state index < -0.39 is 6.04 Å². The van der Waals surface area contributed by atoms with E-state index in [1.54, 1.807) is 23.2 Å². The van der Waals surface area contributed by atoms with Crippen molar-refractivity contribution in [1.82, 2.24) is 10.3 Å². The van der Waals surface area contributed by atoms with Crippen molar-refractivity contribution < 1.29 is 9.59 Å². The summed E-state index contributed by atoms with van der Waals surface area (Å²) < 4.78 is 0. The highest BCUT2D eigenvalue weighted by atomic mass is 16.2. The van der Waals surface area contributed by atoms with Gasteiger partial charge in [0.2, 0.25) is 5.91 Å². The Morgan fingerprint density at radius 2 is 1.79 bits per heavy atom. The quantitative estimate of drug-likeness (QED) is 0.710. The Balaban J connectivity index is 1.59. The molecular weight excluding hydrogens is 362 g/mol. The van der Waals surface area contributed by atoms with Gasteiger partial charge in [-0.1, -0.05) is 48.0 Å². The Morgan fingerprint density at radius 1 is 1.07 bits per heavy atom. The number of pyridine rings is 1. The number of carbonyl (C=O) groups is 2. The lowest BCUT2D eigenvalue weighted by molar-refractivity contribution is -0.122. The number of nitrogens with one attached hydrogen (secondary N) is 1. The minimum atomic E-state index is -0.427. The van der Waals surface area contributed by atoms with Crippen LogP contribution in [0.15, 0.2) is 72.9 Å². The number of benzene rings is 2. The van der Waals surface area contributed by atoms with Gasteiger partial charge in [0.25, 0.3) is 5.91 Å². The SMILES string of the molecule is Cc1ccc(N2C(=O)c3cccnc3[C@@H]2CC(=O)N[C@@H](C)c2ccccc2)cc1. The number of rotatable bonds is 5. The van der Waals surface area contributed by atoms with Crippen LogP contribution in [-0.2, 0) is 4.79 Å². The van der Waals surface area contributed by atoms with Crippen LogP contribution in [0.2, 0.25) is 0 Å². The number of aryl methyl sites for hydroxylation is 1. The summed E-state index contributed by atoms with van der Waals surface area (Å²) in [5.74, 6) is -0.236. The molecule has 5 heteroatoms. The molecule has 146 valence electrons. The lowest BCUT2D eigenvalue weighted by Gasteiger charge is -2.25. The number of carbonyl (C=O) groups excluding carboxylic acids is 2. The molecule has 0 saturated carbocycles. The molecule has 0 unspecified atom stereocenters. The second-order valence-corrected chi connectivity index (χ2v) is 7.37. The van der Waals surface area contributed by atoms with Crippen LogP contribution in [0.5, 0.6) is 0 Å². The molecule has 3 aromatic rings. The number of hydrogen-bond donors (Lipinski definition) is 1. The minimum Gasteiger partial charge on any atom is -0.350 e. The molecule has 1 aromatic heterocycles. The predicted octanol–water partition coefficient (Wildman–Crippen LogP) is 4.36. The average Bonchev–Trinajstić information content (AvgIpc) is 3.01. The van der Waals surface area contributed by atoms with E-state index in [0.717, 1.165) is 16.8 Å². The van der Waals surface area contributed by atoms with Crippen molar-refractivity contribution in [3.8, 4) is 0 Å². The van der Waals surface area contributed by atoms with Crippen LogP contribution in [-0.4, -0.2) is 16.8 Å². The maximum absolute atomic E-state index is 13.1.